The summed E-state index contributed by atoms with van der Waals surface area (Å²) in [6.45, 7) is 3.60. The zero-order valence-corrected chi connectivity index (χ0v) is 17.9. The van der Waals surface area contributed by atoms with Gasteiger partial charge in [-0.1, -0.05) is 35.3 Å². The molecule has 5 N–H and O–H groups in total. The van der Waals surface area contributed by atoms with Crippen LogP contribution in [0.1, 0.15) is 29.5 Å². The van der Waals surface area contributed by atoms with E-state index in [1.165, 1.54) is 12.1 Å². The summed E-state index contributed by atoms with van der Waals surface area (Å²) in [6, 6.07) is 9.58. The minimum Gasteiger partial charge on any atom is -0.515 e. The number of aliphatic hydroxyl groups is 1. The Bertz CT molecular complexity index is 891. The molecule has 0 bridgehead atoms. The van der Waals surface area contributed by atoms with Crippen molar-refractivity contribution in [1.29, 1.82) is 0 Å². The number of carbonyl (C=O) groups excluding carboxylic acids is 1. The number of halogens is 5. The van der Waals surface area contributed by atoms with Gasteiger partial charge in [-0.3, -0.25) is 4.79 Å². The van der Waals surface area contributed by atoms with Gasteiger partial charge in [-0.25, -0.2) is 0 Å². The van der Waals surface area contributed by atoms with Gasteiger partial charge in [0.25, 0.3) is 0 Å². The SMILES string of the molecule is Cc1cc(Cl)cc(/C(=C/O)C(F)(F)F)c1.Cc1ccc(Cl)c(N)c1.NC(=O)C1CC1. The van der Waals surface area contributed by atoms with E-state index in [9.17, 15) is 18.0 Å². The number of rotatable bonds is 2. The normalized spacial score (nSPS) is 13.5. The first-order valence-corrected chi connectivity index (χ1v) is 9.60. The van der Waals surface area contributed by atoms with E-state index >= 15 is 0 Å². The number of aryl methyl sites for hydroxylation is 2. The largest absolute Gasteiger partial charge is 0.515 e. The van der Waals surface area contributed by atoms with Gasteiger partial charge < -0.3 is 16.6 Å². The lowest BCUT2D eigenvalue weighted by Crippen LogP contribution is -2.11. The molecular weight excluding hydrogens is 440 g/mol. The molecule has 0 radical (unpaired) electrons. The number of alkyl halides is 3. The maximum Gasteiger partial charge on any atom is 0.419 e. The molecule has 2 aromatic rings. The topological polar surface area (TPSA) is 89.3 Å². The van der Waals surface area contributed by atoms with Gasteiger partial charge in [-0.2, -0.15) is 13.2 Å². The summed E-state index contributed by atoms with van der Waals surface area (Å²) in [5.41, 5.74) is 11.5. The third-order valence-electron chi connectivity index (χ3n) is 3.92. The van der Waals surface area contributed by atoms with Crippen molar-refractivity contribution >= 4 is 40.4 Å². The average Bonchev–Trinajstić information content (AvgIpc) is 3.43. The molecule has 0 spiro atoms. The van der Waals surface area contributed by atoms with E-state index in [4.69, 9.17) is 39.8 Å². The first-order chi connectivity index (χ1) is 13.8. The molecule has 3 rings (SSSR count). The van der Waals surface area contributed by atoms with Crippen LogP contribution in [-0.4, -0.2) is 17.2 Å². The Morgan fingerprint density at radius 2 is 1.70 bits per heavy atom. The van der Waals surface area contributed by atoms with Crippen LogP contribution in [0.4, 0.5) is 18.9 Å². The Morgan fingerprint density at radius 1 is 1.10 bits per heavy atom. The molecule has 30 heavy (non-hydrogen) atoms. The predicted molar refractivity (Wildman–Crippen MR) is 115 cm³/mol. The number of primary amides is 1. The van der Waals surface area contributed by atoms with Gasteiger partial charge in [0.1, 0.15) is 0 Å². The Kier molecular flexibility index (Phi) is 9.52. The summed E-state index contributed by atoms with van der Waals surface area (Å²) in [5.74, 6) is 0.111. The maximum absolute atomic E-state index is 12.4. The van der Waals surface area contributed by atoms with Gasteiger partial charge in [-0.05, 0) is 67.6 Å². The molecule has 0 heterocycles. The fourth-order valence-electron chi connectivity index (χ4n) is 2.23. The number of hydrogen-bond donors (Lipinski definition) is 3. The van der Waals surface area contributed by atoms with Crippen molar-refractivity contribution in [2.75, 3.05) is 5.73 Å². The van der Waals surface area contributed by atoms with Crippen molar-refractivity contribution in [2.45, 2.75) is 32.9 Å². The van der Waals surface area contributed by atoms with Crippen LogP contribution < -0.4 is 11.5 Å². The molecular formula is C21H23Cl2F3N2O2. The van der Waals surface area contributed by atoms with Crippen LogP contribution >= 0.6 is 23.2 Å². The molecule has 0 atom stereocenters. The van der Waals surface area contributed by atoms with Gasteiger partial charge in [0, 0.05) is 10.9 Å². The fourth-order valence-corrected chi connectivity index (χ4v) is 2.64. The van der Waals surface area contributed by atoms with E-state index in [1.807, 2.05) is 19.1 Å². The van der Waals surface area contributed by atoms with E-state index in [0.717, 1.165) is 24.5 Å². The second kappa shape index (κ2) is 11.1. The molecule has 0 saturated heterocycles. The van der Waals surface area contributed by atoms with Gasteiger partial charge in [-0.15, -0.1) is 0 Å². The summed E-state index contributed by atoms with van der Waals surface area (Å²) in [4.78, 5) is 9.98. The number of amides is 1. The average molecular weight is 463 g/mol. The molecule has 0 unspecified atom stereocenters. The summed E-state index contributed by atoms with van der Waals surface area (Å²) < 4.78 is 37.2. The molecule has 1 fully saturated rings. The second-order valence-corrected chi connectivity index (χ2v) is 7.60. The molecule has 1 aliphatic carbocycles. The highest BCUT2D eigenvalue weighted by atomic mass is 35.5. The molecule has 0 aliphatic heterocycles. The monoisotopic (exact) mass is 462 g/mol. The second-order valence-electron chi connectivity index (χ2n) is 6.76. The van der Waals surface area contributed by atoms with Crippen LogP contribution in [0.15, 0.2) is 42.7 Å². The van der Waals surface area contributed by atoms with Crippen LogP contribution in [0.2, 0.25) is 10.0 Å². The van der Waals surface area contributed by atoms with Crippen molar-refractivity contribution < 1.29 is 23.1 Å². The van der Waals surface area contributed by atoms with E-state index in [0.29, 0.717) is 16.3 Å². The zero-order valence-electron chi connectivity index (χ0n) is 16.4. The first-order valence-electron chi connectivity index (χ1n) is 8.85. The Hall–Kier alpha value is -2.38. The van der Waals surface area contributed by atoms with E-state index in [-0.39, 0.29) is 28.7 Å². The molecule has 1 amide bonds. The molecule has 164 valence electrons. The van der Waals surface area contributed by atoms with Gasteiger partial charge in [0.15, 0.2) is 0 Å². The van der Waals surface area contributed by atoms with E-state index in [1.54, 1.807) is 13.0 Å². The Labute approximate surface area is 183 Å². The lowest BCUT2D eigenvalue weighted by Gasteiger charge is -2.11. The number of anilines is 1. The minimum absolute atomic E-state index is 0.0467. The highest BCUT2D eigenvalue weighted by Crippen LogP contribution is 2.34. The first kappa shape index (κ1) is 25.7. The molecule has 1 aliphatic rings. The smallest absolute Gasteiger partial charge is 0.419 e. The van der Waals surface area contributed by atoms with Crippen LogP contribution in [0.3, 0.4) is 0 Å². The molecule has 2 aromatic carbocycles. The van der Waals surface area contributed by atoms with Crippen LogP contribution in [0.5, 0.6) is 0 Å². The minimum atomic E-state index is -4.59. The van der Waals surface area contributed by atoms with Crippen molar-refractivity contribution in [1.82, 2.24) is 0 Å². The van der Waals surface area contributed by atoms with Crippen molar-refractivity contribution in [3.8, 4) is 0 Å². The number of aliphatic hydroxyl groups excluding tert-OH is 1. The Morgan fingerprint density at radius 3 is 2.03 bits per heavy atom. The molecule has 4 nitrogen and oxygen atoms in total. The lowest BCUT2D eigenvalue weighted by molar-refractivity contribution is -0.119. The standard InChI is InChI=1S/C10H8ClF3O.C7H8ClN.C4H7NO/c1-6-2-7(4-8(11)3-6)9(5-15)10(12,13)14;1-5-2-3-6(8)7(9)4-5;5-4(6)3-1-2-3/h2-5,15H,1H3;2-4H,9H2,1H3;3H,1-2H2,(H2,5,6)/b9-5-;;. The summed E-state index contributed by atoms with van der Waals surface area (Å²) in [7, 11) is 0. The Balaban J connectivity index is 0.000000252. The number of carbonyl (C=O) groups is 1. The van der Waals surface area contributed by atoms with Crippen LogP contribution in [0, 0.1) is 19.8 Å². The third-order valence-corrected chi connectivity index (χ3v) is 4.48. The maximum atomic E-state index is 12.4. The van der Waals surface area contributed by atoms with Crippen molar-refractivity contribution in [2.24, 2.45) is 11.7 Å². The third kappa shape index (κ3) is 8.97. The number of nitrogens with two attached hydrogens (primary N) is 2. The molecule has 0 aromatic heterocycles. The number of benzene rings is 2. The van der Waals surface area contributed by atoms with Gasteiger partial charge in [0.05, 0.1) is 22.5 Å². The quantitative estimate of drug-likeness (QED) is 0.365. The highest BCUT2D eigenvalue weighted by molar-refractivity contribution is 6.33. The zero-order chi connectivity index (χ0) is 23.1. The fraction of sp³-hybridized carbons (Fsp3) is 0.286. The summed E-state index contributed by atoms with van der Waals surface area (Å²) in [5, 5.41) is 9.40. The highest BCUT2D eigenvalue weighted by Gasteiger charge is 2.35. The van der Waals surface area contributed by atoms with Crippen molar-refractivity contribution in [3.63, 3.8) is 0 Å². The van der Waals surface area contributed by atoms with Gasteiger partial charge in [0.2, 0.25) is 5.91 Å². The summed E-state index contributed by atoms with van der Waals surface area (Å²) >= 11 is 11.3. The van der Waals surface area contributed by atoms with E-state index in [2.05, 4.69) is 0 Å². The van der Waals surface area contributed by atoms with Crippen LogP contribution in [-0.2, 0) is 4.79 Å². The predicted octanol–water partition coefficient (Wildman–Crippen LogP) is 6.22. The number of hydrogen-bond acceptors (Lipinski definition) is 3. The number of nitrogen functional groups attached to an aromatic ring is 1. The van der Waals surface area contributed by atoms with E-state index < -0.39 is 11.7 Å². The molecule has 1 saturated carbocycles. The van der Waals surface area contributed by atoms with Gasteiger partial charge >= 0.3 is 6.18 Å². The molecule has 9 heteroatoms. The lowest BCUT2D eigenvalue weighted by atomic mass is 10.0. The number of allylic oxidation sites excluding steroid dienone is 1. The van der Waals surface area contributed by atoms with Crippen LogP contribution in [0.25, 0.3) is 5.57 Å². The van der Waals surface area contributed by atoms with Crippen molar-refractivity contribution in [3.05, 3.63) is 69.4 Å². The summed E-state index contributed by atoms with van der Waals surface area (Å²) in [6.07, 6.45) is -2.50.